The van der Waals surface area contributed by atoms with Crippen LogP contribution in [0.15, 0.2) is 30.3 Å². The minimum Gasteiger partial charge on any atom is -0.435 e. The van der Waals surface area contributed by atoms with Crippen molar-refractivity contribution in [1.29, 1.82) is 0 Å². The Morgan fingerprint density at radius 3 is 2.46 bits per heavy atom. The number of ether oxygens (including phenoxy) is 1. The molecule has 148 valence electrons. The molecule has 3 heterocycles. The Kier molecular flexibility index (Phi) is 4.87. The van der Waals surface area contributed by atoms with Crippen LogP contribution in [-0.4, -0.2) is 46.0 Å². The van der Waals surface area contributed by atoms with Gasteiger partial charge in [0.1, 0.15) is 5.75 Å². The molecule has 2 atom stereocenters. The van der Waals surface area contributed by atoms with Crippen molar-refractivity contribution in [1.82, 2.24) is 14.9 Å². The second kappa shape index (κ2) is 7.33. The van der Waals surface area contributed by atoms with Crippen LogP contribution in [0.2, 0.25) is 0 Å². The van der Waals surface area contributed by atoms with E-state index in [1.54, 1.807) is 12.1 Å². The van der Waals surface area contributed by atoms with Gasteiger partial charge in [-0.15, -0.1) is 0 Å². The molecule has 0 aliphatic carbocycles. The number of aryl methyl sites for hydroxylation is 2. The van der Waals surface area contributed by atoms with E-state index in [0.717, 1.165) is 29.9 Å². The number of rotatable bonds is 5. The molecule has 1 aromatic carbocycles. The highest BCUT2D eigenvalue weighted by Crippen LogP contribution is 2.35. The number of halogens is 2. The van der Waals surface area contributed by atoms with E-state index >= 15 is 0 Å². The molecule has 0 N–H and O–H groups in total. The smallest absolute Gasteiger partial charge is 0.387 e. The van der Waals surface area contributed by atoms with Gasteiger partial charge in [-0.05, 0) is 44.0 Å². The highest BCUT2D eigenvalue weighted by atomic mass is 19.3. The summed E-state index contributed by atoms with van der Waals surface area (Å²) in [5.41, 5.74) is 2.72. The number of likely N-dealkylation sites (tertiary alicyclic amines) is 1. The summed E-state index contributed by atoms with van der Waals surface area (Å²) in [7, 11) is 0. The molecular weight excluding hydrogens is 366 g/mol. The fourth-order valence-corrected chi connectivity index (χ4v) is 4.19. The molecule has 8 heteroatoms. The van der Waals surface area contributed by atoms with E-state index in [-0.39, 0.29) is 23.7 Å². The summed E-state index contributed by atoms with van der Waals surface area (Å²) in [6, 6.07) is 8.55. The van der Waals surface area contributed by atoms with Gasteiger partial charge in [0, 0.05) is 30.9 Å². The molecule has 2 aromatic rings. The molecule has 2 aliphatic heterocycles. The SMILES string of the molecule is Cc1cc(C)nc(N2CC[C@H]3[C@@H]2CC(=O)N3Cc2ccc(OC(F)F)cc2)n1. The minimum atomic E-state index is -2.84. The Morgan fingerprint density at radius 1 is 1.14 bits per heavy atom. The van der Waals surface area contributed by atoms with Crippen LogP contribution >= 0.6 is 0 Å². The van der Waals surface area contributed by atoms with Gasteiger partial charge in [0.15, 0.2) is 0 Å². The number of amides is 1. The summed E-state index contributed by atoms with van der Waals surface area (Å²) >= 11 is 0. The van der Waals surface area contributed by atoms with Gasteiger partial charge in [-0.1, -0.05) is 12.1 Å². The number of hydrogen-bond donors (Lipinski definition) is 0. The van der Waals surface area contributed by atoms with Crippen molar-refractivity contribution < 1.29 is 18.3 Å². The van der Waals surface area contributed by atoms with E-state index in [2.05, 4.69) is 19.6 Å². The van der Waals surface area contributed by atoms with Crippen molar-refractivity contribution in [3.05, 3.63) is 47.3 Å². The number of hydrogen-bond acceptors (Lipinski definition) is 5. The van der Waals surface area contributed by atoms with Gasteiger partial charge >= 0.3 is 6.61 Å². The van der Waals surface area contributed by atoms with E-state index < -0.39 is 6.61 Å². The Hall–Kier alpha value is -2.77. The summed E-state index contributed by atoms with van der Waals surface area (Å²) in [6.45, 7) is 2.31. The number of carbonyl (C=O) groups excluding carboxylic acids is 1. The summed E-state index contributed by atoms with van der Waals surface area (Å²) in [6.07, 6.45) is 1.30. The molecule has 0 radical (unpaired) electrons. The third-order valence-corrected chi connectivity index (χ3v) is 5.34. The van der Waals surface area contributed by atoms with Crippen molar-refractivity contribution in [3.8, 4) is 5.75 Å². The molecule has 0 spiro atoms. The number of nitrogens with zero attached hydrogens (tertiary/aromatic N) is 4. The topological polar surface area (TPSA) is 58.6 Å². The Labute approximate surface area is 162 Å². The molecule has 0 unspecified atom stereocenters. The number of fused-ring (bicyclic) bond motifs is 1. The number of benzene rings is 1. The Bertz CT molecular complexity index is 855. The third kappa shape index (κ3) is 3.63. The van der Waals surface area contributed by atoms with E-state index in [0.29, 0.717) is 18.9 Å². The molecule has 28 heavy (non-hydrogen) atoms. The first-order valence-corrected chi connectivity index (χ1v) is 9.33. The monoisotopic (exact) mass is 388 g/mol. The van der Waals surface area contributed by atoms with Gasteiger partial charge < -0.3 is 14.5 Å². The maximum Gasteiger partial charge on any atom is 0.387 e. The zero-order chi connectivity index (χ0) is 19.8. The molecule has 2 saturated heterocycles. The fraction of sp³-hybridized carbons (Fsp3) is 0.450. The van der Waals surface area contributed by atoms with Gasteiger partial charge in [0.2, 0.25) is 11.9 Å². The fourth-order valence-electron chi connectivity index (χ4n) is 4.19. The molecule has 2 fully saturated rings. The van der Waals surface area contributed by atoms with Gasteiger partial charge in [-0.3, -0.25) is 4.79 Å². The second-order valence-electron chi connectivity index (χ2n) is 7.32. The third-order valence-electron chi connectivity index (χ3n) is 5.34. The molecule has 6 nitrogen and oxygen atoms in total. The average molecular weight is 388 g/mol. The van der Waals surface area contributed by atoms with Crippen LogP contribution in [-0.2, 0) is 11.3 Å². The summed E-state index contributed by atoms with van der Waals surface area (Å²) < 4.78 is 28.9. The van der Waals surface area contributed by atoms with Crippen LogP contribution in [0.25, 0.3) is 0 Å². The lowest BCUT2D eigenvalue weighted by Crippen LogP contribution is -2.37. The Balaban J connectivity index is 1.48. The predicted octanol–water partition coefficient (Wildman–Crippen LogP) is 3.07. The van der Waals surface area contributed by atoms with Gasteiger partial charge in [-0.2, -0.15) is 8.78 Å². The molecule has 2 aliphatic rings. The van der Waals surface area contributed by atoms with Crippen LogP contribution in [0.3, 0.4) is 0 Å². The first-order chi connectivity index (χ1) is 13.4. The van der Waals surface area contributed by atoms with Gasteiger partial charge in [0.05, 0.1) is 12.1 Å². The molecule has 4 rings (SSSR count). The summed E-state index contributed by atoms with van der Waals surface area (Å²) in [5, 5.41) is 0. The lowest BCUT2D eigenvalue weighted by atomic mass is 10.1. The van der Waals surface area contributed by atoms with Crippen molar-refractivity contribution in [2.24, 2.45) is 0 Å². The van der Waals surface area contributed by atoms with Crippen LogP contribution in [0, 0.1) is 13.8 Å². The average Bonchev–Trinajstić information content (AvgIpc) is 3.15. The van der Waals surface area contributed by atoms with Crippen molar-refractivity contribution in [2.45, 2.75) is 51.9 Å². The normalized spacial score (nSPS) is 21.5. The maximum atomic E-state index is 12.7. The molecular formula is C20H22F2N4O2. The first-order valence-electron chi connectivity index (χ1n) is 9.33. The number of aromatic nitrogens is 2. The number of alkyl halides is 2. The molecule has 0 saturated carbocycles. The van der Waals surface area contributed by atoms with Crippen molar-refractivity contribution >= 4 is 11.9 Å². The number of anilines is 1. The standard InChI is InChI=1S/C20H22F2N4O2/c1-12-9-13(2)24-20(23-12)25-8-7-16-17(25)10-18(27)26(16)11-14-3-5-15(6-4-14)28-19(21)22/h3-6,9,16-17,19H,7-8,10-11H2,1-2H3/t16-,17-/m0/s1. The van der Waals surface area contributed by atoms with E-state index in [9.17, 15) is 13.6 Å². The van der Waals surface area contributed by atoms with Crippen LogP contribution in [0.4, 0.5) is 14.7 Å². The van der Waals surface area contributed by atoms with Crippen LogP contribution in [0.1, 0.15) is 29.8 Å². The lowest BCUT2D eigenvalue weighted by molar-refractivity contribution is -0.129. The first kappa shape index (κ1) is 18.6. The highest BCUT2D eigenvalue weighted by molar-refractivity contribution is 5.81. The summed E-state index contributed by atoms with van der Waals surface area (Å²) in [5.74, 6) is 0.897. The predicted molar refractivity (Wildman–Crippen MR) is 99.3 cm³/mol. The Morgan fingerprint density at radius 2 is 1.82 bits per heavy atom. The highest BCUT2D eigenvalue weighted by Gasteiger charge is 2.47. The maximum absolute atomic E-state index is 12.7. The number of carbonyl (C=O) groups is 1. The van der Waals surface area contributed by atoms with Crippen molar-refractivity contribution in [2.75, 3.05) is 11.4 Å². The van der Waals surface area contributed by atoms with E-state index in [1.165, 1.54) is 12.1 Å². The second-order valence-corrected chi connectivity index (χ2v) is 7.32. The lowest BCUT2D eigenvalue weighted by Gasteiger charge is -2.25. The molecule has 1 amide bonds. The van der Waals surface area contributed by atoms with E-state index in [4.69, 9.17) is 0 Å². The minimum absolute atomic E-state index is 0.0649. The van der Waals surface area contributed by atoms with E-state index in [1.807, 2.05) is 24.8 Å². The largest absolute Gasteiger partial charge is 0.435 e. The van der Waals surface area contributed by atoms with Gasteiger partial charge in [0.25, 0.3) is 0 Å². The van der Waals surface area contributed by atoms with Crippen LogP contribution in [0.5, 0.6) is 5.75 Å². The van der Waals surface area contributed by atoms with Gasteiger partial charge in [-0.25, -0.2) is 9.97 Å². The molecule has 0 bridgehead atoms. The summed E-state index contributed by atoms with van der Waals surface area (Å²) in [4.78, 5) is 25.8. The molecule has 1 aromatic heterocycles. The van der Waals surface area contributed by atoms with Crippen LogP contribution < -0.4 is 9.64 Å². The zero-order valence-electron chi connectivity index (χ0n) is 15.8. The van der Waals surface area contributed by atoms with Crippen molar-refractivity contribution in [3.63, 3.8) is 0 Å². The zero-order valence-corrected chi connectivity index (χ0v) is 15.8. The quantitative estimate of drug-likeness (QED) is 0.788.